The van der Waals surface area contributed by atoms with Crippen LogP contribution in [0.5, 0.6) is 0 Å². The molecule has 3 fully saturated rings. The second-order valence-electron chi connectivity index (χ2n) is 8.68. The summed E-state index contributed by atoms with van der Waals surface area (Å²) < 4.78 is 0. The molecule has 1 aromatic heterocycles. The summed E-state index contributed by atoms with van der Waals surface area (Å²) in [6, 6.07) is 5.98. The third kappa shape index (κ3) is 3.72. The standard InChI is InChI=1S/C21H30N4O2/c1-16-4-3-5-18(22-16)20(27)24-12-9-21(10-13-24)8-6-19(26)25(15-21)17-7-11-23(2)14-17/h3-5,17H,6-15H2,1-2H3/t17-/m0/s1. The maximum Gasteiger partial charge on any atom is 0.272 e. The fourth-order valence-electron chi connectivity index (χ4n) is 4.96. The molecule has 0 bridgehead atoms. The Morgan fingerprint density at radius 1 is 1.19 bits per heavy atom. The van der Waals surface area contributed by atoms with Crippen molar-refractivity contribution in [1.29, 1.82) is 0 Å². The molecular formula is C21H30N4O2. The predicted octanol–water partition coefficient (Wildman–Crippen LogP) is 1.94. The zero-order valence-corrected chi connectivity index (χ0v) is 16.5. The monoisotopic (exact) mass is 370 g/mol. The van der Waals surface area contributed by atoms with Gasteiger partial charge in [-0.3, -0.25) is 9.59 Å². The first-order valence-corrected chi connectivity index (χ1v) is 10.2. The molecule has 3 saturated heterocycles. The molecule has 4 heterocycles. The number of hydrogen-bond donors (Lipinski definition) is 0. The summed E-state index contributed by atoms with van der Waals surface area (Å²) in [5.41, 5.74) is 1.60. The van der Waals surface area contributed by atoms with Gasteiger partial charge in [0.25, 0.3) is 5.91 Å². The molecule has 1 aromatic rings. The fraction of sp³-hybridized carbons (Fsp3) is 0.667. The minimum Gasteiger partial charge on any atom is -0.338 e. The first-order valence-electron chi connectivity index (χ1n) is 10.2. The number of carbonyl (C=O) groups is 2. The van der Waals surface area contributed by atoms with Crippen LogP contribution >= 0.6 is 0 Å². The molecule has 6 heteroatoms. The smallest absolute Gasteiger partial charge is 0.272 e. The molecule has 4 rings (SSSR count). The van der Waals surface area contributed by atoms with Gasteiger partial charge in [-0.1, -0.05) is 6.07 Å². The molecule has 2 amide bonds. The number of carbonyl (C=O) groups excluding carboxylic acids is 2. The quantitative estimate of drug-likeness (QED) is 0.798. The minimum atomic E-state index is 0.0368. The van der Waals surface area contributed by atoms with E-state index in [9.17, 15) is 9.59 Å². The Balaban J connectivity index is 1.40. The van der Waals surface area contributed by atoms with Crippen LogP contribution in [0.25, 0.3) is 0 Å². The predicted molar refractivity (Wildman–Crippen MR) is 103 cm³/mol. The number of pyridine rings is 1. The van der Waals surface area contributed by atoms with Gasteiger partial charge in [0.15, 0.2) is 0 Å². The van der Waals surface area contributed by atoms with Gasteiger partial charge < -0.3 is 14.7 Å². The average molecular weight is 370 g/mol. The molecule has 0 saturated carbocycles. The molecule has 1 atom stereocenters. The Bertz CT molecular complexity index is 727. The summed E-state index contributed by atoms with van der Waals surface area (Å²) in [6.45, 7) is 6.38. The van der Waals surface area contributed by atoms with Gasteiger partial charge in [-0.25, -0.2) is 4.98 Å². The van der Waals surface area contributed by atoms with E-state index in [0.29, 0.717) is 24.1 Å². The lowest BCUT2D eigenvalue weighted by atomic mass is 9.72. The van der Waals surface area contributed by atoms with Crippen molar-refractivity contribution in [2.24, 2.45) is 5.41 Å². The molecule has 1 spiro atoms. The highest BCUT2D eigenvalue weighted by Gasteiger charge is 2.44. The van der Waals surface area contributed by atoms with Crippen LogP contribution in [-0.4, -0.2) is 77.3 Å². The number of likely N-dealkylation sites (N-methyl/N-ethyl adjacent to an activating group) is 1. The lowest BCUT2D eigenvalue weighted by molar-refractivity contribution is -0.141. The van der Waals surface area contributed by atoms with E-state index in [2.05, 4.69) is 21.8 Å². The van der Waals surface area contributed by atoms with E-state index in [1.807, 2.05) is 24.0 Å². The second-order valence-corrected chi connectivity index (χ2v) is 8.68. The van der Waals surface area contributed by atoms with Crippen molar-refractivity contribution in [3.05, 3.63) is 29.6 Å². The summed E-state index contributed by atoms with van der Waals surface area (Å²) in [4.78, 5) is 36.1. The topological polar surface area (TPSA) is 56.8 Å². The Morgan fingerprint density at radius 2 is 1.96 bits per heavy atom. The van der Waals surface area contributed by atoms with Crippen molar-refractivity contribution in [3.8, 4) is 0 Å². The van der Waals surface area contributed by atoms with Gasteiger partial charge in [-0.15, -0.1) is 0 Å². The van der Waals surface area contributed by atoms with Crippen molar-refractivity contribution in [2.75, 3.05) is 39.8 Å². The molecule has 3 aliphatic heterocycles. The van der Waals surface area contributed by atoms with Gasteiger partial charge in [-0.05, 0) is 63.7 Å². The van der Waals surface area contributed by atoms with Gasteiger partial charge in [0.1, 0.15) is 5.69 Å². The molecule has 0 aliphatic carbocycles. The Morgan fingerprint density at radius 3 is 2.63 bits per heavy atom. The number of hydrogen-bond acceptors (Lipinski definition) is 4. The number of amides is 2. The third-order valence-electron chi connectivity index (χ3n) is 6.72. The van der Waals surface area contributed by atoms with E-state index in [1.165, 1.54) is 0 Å². The highest BCUT2D eigenvalue weighted by Crippen LogP contribution is 2.41. The molecule has 0 unspecified atom stereocenters. The molecule has 6 nitrogen and oxygen atoms in total. The highest BCUT2D eigenvalue weighted by molar-refractivity contribution is 5.92. The average Bonchev–Trinajstić information content (AvgIpc) is 3.10. The number of nitrogens with zero attached hydrogens (tertiary/aromatic N) is 4. The van der Waals surface area contributed by atoms with Gasteiger partial charge in [0, 0.05) is 44.3 Å². The maximum atomic E-state index is 12.8. The van der Waals surface area contributed by atoms with Crippen LogP contribution in [0.1, 0.15) is 48.3 Å². The van der Waals surface area contributed by atoms with E-state index >= 15 is 0 Å². The summed E-state index contributed by atoms with van der Waals surface area (Å²) in [5.74, 6) is 0.359. The third-order valence-corrected chi connectivity index (χ3v) is 6.72. The van der Waals surface area contributed by atoms with Crippen LogP contribution in [0, 0.1) is 12.3 Å². The van der Waals surface area contributed by atoms with Crippen LogP contribution < -0.4 is 0 Å². The van der Waals surface area contributed by atoms with Gasteiger partial charge >= 0.3 is 0 Å². The first-order chi connectivity index (χ1) is 13.0. The Kier molecular flexibility index (Phi) is 4.93. The highest BCUT2D eigenvalue weighted by atomic mass is 16.2. The van der Waals surface area contributed by atoms with Crippen LogP contribution in [0.2, 0.25) is 0 Å². The molecule has 146 valence electrons. The van der Waals surface area contributed by atoms with E-state index in [0.717, 1.165) is 64.1 Å². The fourth-order valence-corrected chi connectivity index (χ4v) is 4.96. The van der Waals surface area contributed by atoms with Crippen LogP contribution in [0.15, 0.2) is 18.2 Å². The summed E-state index contributed by atoms with van der Waals surface area (Å²) in [6.07, 6.45) is 4.68. The molecule has 0 aromatic carbocycles. The zero-order chi connectivity index (χ0) is 19.0. The van der Waals surface area contributed by atoms with Crippen LogP contribution in [0.3, 0.4) is 0 Å². The SMILES string of the molecule is Cc1cccc(C(=O)N2CCC3(CCC(=O)N([C@H]4CCN(C)C4)C3)CC2)n1. The summed E-state index contributed by atoms with van der Waals surface area (Å²) >= 11 is 0. The summed E-state index contributed by atoms with van der Waals surface area (Å²) in [7, 11) is 2.13. The minimum absolute atomic E-state index is 0.0368. The van der Waals surface area contributed by atoms with Crippen molar-refractivity contribution < 1.29 is 9.59 Å². The lowest BCUT2D eigenvalue weighted by Gasteiger charge is -2.48. The van der Waals surface area contributed by atoms with E-state index in [-0.39, 0.29) is 11.3 Å². The Hall–Kier alpha value is -1.95. The molecular weight excluding hydrogens is 340 g/mol. The molecule has 0 radical (unpaired) electrons. The first kappa shape index (κ1) is 18.4. The zero-order valence-electron chi connectivity index (χ0n) is 16.5. The molecule has 3 aliphatic rings. The van der Waals surface area contributed by atoms with Gasteiger partial charge in [0.2, 0.25) is 5.91 Å². The lowest BCUT2D eigenvalue weighted by Crippen LogP contribution is -2.55. The van der Waals surface area contributed by atoms with Gasteiger partial charge in [0.05, 0.1) is 0 Å². The van der Waals surface area contributed by atoms with E-state index in [4.69, 9.17) is 0 Å². The number of piperidine rings is 2. The summed E-state index contributed by atoms with van der Waals surface area (Å²) in [5, 5.41) is 0. The van der Waals surface area contributed by atoms with E-state index in [1.54, 1.807) is 6.07 Å². The van der Waals surface area contributed by atoms with Gasteiger partial charge in [-0.2, -0.15) is 0 Å². The largest absolute Gasteiger partial charge is 0.338 e. The number of likely N-dealkylation sites (tertiary alicyclic amines) is 3. The molecule has 0 N–H and O–H groups in total. The van der Waals surface area contributed by atoms with Crippen molar-refractivity contribution >= 4 is 11.8 Å². The van der Waals surface area contributed by atoms with Crippen molar-refractivity contribution in [3.63, 3.8) is 0 Å². The Labute approximate surface area is 161 Å². The maximum absolute atomic E-state index is 12.8. The normalized spacial score (nSPS) is 26.0. The van der Waals surface area contributed by atoms with Crippen molar-refractivity contribution in [2.45, 2.75) is 45.1 Å². The molecule has 27 heavy (non-hydrogen) atoms. The van der Waals surface area contributed by atoms with E-state index < -0.39 is 0 Å². The van der Waals surface area contributed by atoms with Crippen molar-refractivity contribution in [1.82, 2.24) is 19.7 Å². The number of rotatable bonds is 2. The second kappa shape index (κ2) is 7.23. The number of aromatic nitrogens is 1. The van der Waals surface area contributed by atoms with Crippen LogP contribution in [-0.2, 0) is 4.79 Å². The number of aryl methyl sites for hydroxylation is 1. The van der Waals surface area contributed by atoms with Crippen LogP contribution in [0.4, 0.5) is 0 Å².